The van der Waals surface area contributed by atoms with Crippen molar-refractivity contribution in [2.45, 2.75) is 45.8 Å². The summed E-state index contributed by atoms with van der Waals surface area (Å²) in [5, 5.41) is 14.0. The van der Waals surface area contributed by atoms with E-state index in [4.69, 9.17) is 14.2 Å². The number of aliphatic hydroxyl groups is 1. The molecule has 1 heterocycles. The summed E-state index contributed by atoms with van der Waals surface area (Å²) in [7, 11) is 3.36. The Labute approximate surface area is 220 Å². The maximum Gasteiger partial charge on any atom is 0.443 e. The number of rotatable bonds is 11. The van der Waals surface area contributed by atoms with Crippen LogP contribution in [0, 0.1) is 18.6 Å². The Hall–Kier alpha value is -3.83. The molecule has 0 aliphatic rings. The van der Waals surface area contributed by atoms with Crippen LogP contribution in [0.1, 0.15) is 43.5 Å². The minimum absolute atomic E-state index is 0.134. The molecule has 0 fully saturated rings. The molecule has 11 heteroatoms. The predicted octanol–water partition coefficient (Wildman–Crippen LogP) is 3.88. The van der Waals surface area contributed by atoms with Crippen molar-refractivity contribution in [1.82, 2.24) is 15.3 Å². The monoisotopic (exact) mass is 530 g/mol. The molecule has 2 unspecified atom stereocenters. The molecule has 0 bridgehead atoms. The second kappa shape index (κ2) is 12.1. The van der Waals surface area contributed by atoms with Gasteiger partial charge in [0.25, 0.3) is 0 Å². The van der Waals surface area contributed by atoms with Crippen LogP contribution >= 0.6 is 0 Å². The van der Waals surface area contributed by atoms with E-state index in [9.17, 15) is 18.7 Å². The predicted molar refractivity (Wildman–Crippen MR) is 137 cm³/mol. The van der Waals surface area contributed by atoms with Crippen molar-refractivity contribution in [3.8, 4) is 11.6 Å². The number of para-hydroxylation sites is 1. The van der Waals surface area contributed by atoms with Crippen molar-refractivity contribution in [3.63, 3.8) is 0 Å². The molecule has 2 aromatic carbocycles. The number of ether oxygens (including phenoxy) is 3. The van der Waals surface area contributed by atoms with Gasteiger partial charge in [-0.15, -0.1) is 0 Å². The van der Waals surface area contributed by atoms with E-state index in [1.165, 1.54) is 25.1 Å². The lowest BCUT2D eigenvalue weighted by Crippen LogP contribution is -2.60. The third-order valence-electron chi connectivity index (χ3n) is 5.64. The number of benzene rings is 2. The summed E-state index contributed by atoms with van der Waals surface area (Å²) in [5.41, 5.74) is 0.393. The third-order valence-corrected chi connectivity index (χ3v) is 5.64. The average molecular weight is 531 g/mol. The zero-order valence-corrected chi connectivity index (χ0v) is 22.2. The van der Waals surface area contributed by atoms with Gasteiger partial charge in [0.05, 0.1) is 12.3 Å². The molecule has 0 amide bonds. The van der Waals surface area contributed by atoms with Crippen LogP contribution in [0.15, 0.2) is 48.5 Å². The summed E-state index contributed by atoms with van der Waals surface area (Å²) in [6, 6.07) is 10.9. The first-order valence-electron chi connectivity index (χ1n) is 12.0. The smallest absolute Gasteiger partial charge is 0.443 e. The Morgan fingerprint density at radius 1 is 1.05 bits per heavy atom. The summed E-state index contributed by atoms with van der Waals surface area (Å²) in [6.07, 6.45) is -2.60. The van der Waals surface area contributed by atoms with Crippen LogP contribution in [0.5, 0.6) is 11.6 Å². The Bertz CT molecular complexity index is 1240. The molecular formula is C27H32F2N4O5. The van der Waals surface area contributed by atoms with E-state index in [0.29, 0.717) is 5.56 Å². The van der Waals surface area contributed by atoms with Gasteiger partial charge in [-0.2, -0.15) is 4.98 Å². The zero-order valence-electron chi connectivity index (χ0n) is 22.2. The fraction of sp³-hybridized carbons (Fsp3) is 0.370. The van der Waals surface area contributed by atoms with Gasteiger partial charge in [0.1, 0.15) is 23.4 Å². The molecule has 0 saturated carbocycles. The Morgan fingerprint density at radius 3 is 2.26 bits per heavy atom. The Kier molecular flexibility index (Phi) is 9.18. The van der Waals surface area contributed by atoms with Crippen LogP contribution in [0.3, 0.4) is 0 Å². The molecule has 3 rings (SSSR count). The number of aromatic nitrogens is 2. The number of hydrogen-bond donors (Lipinski definition) is 2. The molecule has 0 spiro atoms. The Morgan fingerprint density at radius 2 is 1.68 bits per heavy atom. The first kappa shape index (κ1) is 28.7. The molecule has 0 aliphatic carbocycles. The first-order chi connectivity index (χ1) is 18.0. The molecule has 1 aromatic heterocycles. The lowest BCUT2D eigenvalue weighted by atomic mass is 9.94. The van der Waals surface area contributed by atoms with Crippen LogP contribution < -0.4 is 19.7 Å². The van der Waals surface area contributed by atoms with Crippen LogP contribution in [0.4, 0.5) is 14.7 Å². The maximum atomic E-state index is 14.6. The van der Waals surface area contributed by atoms with Crippen molar-refractivity contribution < 1.29 is 32.9 Å². The number of hydrogen-bond acceptors (Lipinski definition) is 9. The van der Waals surface area contributed by atoms with Gasteiger partial charge in [0.2, 0.25) is 11.8 Å². The molecule has 9 nitrogen and oxygen atoms in total. The van der Waals surface area contributed by atoms with Gasteiger partial charge >= 0.3 is 12.1 Å². The third kappa shape index (κ3) is 6.73. The maximum absolute atomic E-state index is 14.6. The summed E-state index contributed by atoms with van der Waals surface area (Å²) >= 11 is 0. The number of anilines is 1. The van der Waals surface area contributed by atoms with E-state index in [1.54, 1.807) is 70.1 Å². The normalized spacial score (nSPS) is 14.2. The minimum atomic E-state index is -2.60. The van der Waals surface area contributed by atoms with E-state index in [1.807, 2.05) is 0 Å². The fourth-order valence-corrected chi connectivity index (χ4v) is 3.74. The average Bonchev–Trinajstić information content (AvgIpc) is 2.85. The van der Waals surface area contributed by atoms with Crippen LogP contribution in [0.25, 0.3) is 0 Å². The van der Waals surface area contributed by atoms with E-state index in [0.717, 1.165) is 0 Å². The number of nitrogens with zero attached hydrogens (tertiary/aromatic N) is 3. The molecule has 38 heavy (non-hydrogen) atoms. The SMILES string of the molecule is CCOC(=O)[C@H](C)NC(O)(Oc1ccccc1)Oc1nc(N(C)C)nc(C(C)c2c(F)cccc2F)c1C. The summed E-state index contributed by atoms with van der Waals surface area (Å²) in [6.45, 7) is 6.45. The highest BCUT2D eigenvalue weighted by molar-refractivity contribution is 5.75. The van der Waals surface area contributed by atoms with Gasteiger partial charge in [-0.05, 0) is 45.0 Å². The molecule has 2 N–H and O–H groups in total. The topological polar surface area (TPSA) is 106 Å². The second-order valence-electron chi connectivity index (χ2n) is 8.81. The highest BCUT2D eigenvalue weighted by Gasteiger charge is 2.39. The van der Waals surface area contributed by atoms with E-state index >= 15 is 0 Å². The number of esters is 1. The van der Waals surface area contributed by atoms with Crippen molar-refractivity contribution >= 4 is 11.9 Å². The van der Waals surface area contributed by atoms with E-state index in [2.05, 4.69) is 15.3 Å². The van der Waals surface area contributed by atoms with Crippen molar-refractivity contribution in [2.75, 3.05) is 25.6 Å². The zero-order chi connectivity index (χ0) is 28.0. The molecular weight excluding hydrogens is 498 g/mol. The number of carbonyl (C=O) groups is 1. The number of nitrogens with one attached hydrogen (secondary N) is 1. The summed E-state index contributed by atoms with van der Waals surface area (Å²) < 4.78 is 45.9. The molecule has 3 atom stereocenters. The van der Waals surface area contributed by atoms with Gasteiger partial charge in [-0.1, -0.05) is 31.2 Å². The largest absolute Gasteiger partial charge is 0.465 e. The van der Waals surface area contributed by atoms with Crippen molar-refractivity contribution in [2.24, 2.45) is 0 Å². The van der Waals surface area contributed by atoms with Gasteiger partial charge in [0.15, 0.2) is 0 Å². The van der Waals surface area contributed by atoms with Gasteiger partial charge < -0.3 is 24.2 Å². The fourth-order valence-electron chi connectivity index (χ4n) is 3.74. The van der Waals surface area contributed by atoms with Crippen molar-refractivity contribution in [3.05, 3.63) is 77.0 Å². The molecule has 0 aliphatic heterocycles. The highest BCUT2D eigenvalue weighted by atomic mass is 19.1. The van der Waals surface area contributed by atoms with Gasteiger partial charge in [-0.3, -0.25) is 4.79 Å². The molecule has 204 valence electrons. The first-order valence-corrected chi connectivity index (χ1v) is 12.0. The molecule has 0 saturated heterocycles. The second-order valence-corrected chi connectivity index (χ2v) is 8.81. The minimum Gasteiger partial charge on any atom is -0.465 e. The molecule has 0 radical (unpaired) electrons. The highest BCUT2D eigenvalue weighted by Crippen LogP contribution is 2.34. The standard InChI is InChI=1S/C27H32F2N4O5/c1-7-36-25(34)18(4)32-27(35,37-19-12-9-8-10-13-19)38-24-17(3)23(30-26(31-24)33(5)6)16(2)22-20(28)14-11-15-21(22)29/h8-16,18,32,35H,7H2,1-6H3/t16?,18-,27?/m0/s1. The number of halogens is 2. The summed E-state index contributed by atoms with van der Waals surface area (Å²) in [5.74, 6) is -2.69. The van der Waals surface area contributed by atoms with E-state index < -0.39 is 35.7 Å². The van der Waals surface area contributed by atoms with Gasteiger partial charge in [0, 0.05) is 31.1 Å². The van der Waals surface area contributed by atoms with Crippen LogP contribution in [-0.2, 0) is 9.53 Å². The lowest BCUT2D eigenvalue weighted by molar-refractivity contribution is -0.298. The van der Waals surface area contributed by atoms with Crippen molar-refractivity contribution in [1.29, 1.82) is 0 Å². The number of carbonyl (C=O) groups excluding carboxylic acids is 1. The quantitative estimate of drug-likeness (QED) is 0.282. The van der Waals surface area contributed by atoms with Crippen LogP contribution in [0.2, 0.25) is 0 Å². The van der Waals surface area contributed by atoms with E-state index in [-0.39, 0.29) is 35.4 Å². The lowest BCUT2D eigenvalue weighted by Gasteiger charge is -2.31. The summed E-state index contributed by atoms with van der Waals surface area (Å²) in [4.78, 5) is 22.7. The van der Waals surface area contributed by atoms with Crippen LogP contribution in [-0.4, -0.2) is 53.9 Å². The molecule has 3 aromatic rings. The van der Waals surface area contributed by atoms with Gasteiger partial charge in [-0.25, -0.2) is 19.1 Å². The Balaban J connectivity index is 2.08.